The molecule has 5 heteroatoms. The molecule has 0 saturated carbocycles. The number of aromatic nitrogens is 1. The summed E-state index contributed by atoms with van der Waals surface area (Å²) in [6.07, 6.45) is 1.65. The highest BCUT2D eigenvalue weighted by Gasteiger charge is 2.08. The number of benzene rings is 2. The Bertz CT molecular complexity index is 805. The van der Waals surface area contributed by atoms with Crippen LogP contribution >= 0.6 is 11.6 Å². The molecule has 1 N–H and O–H groups in total. The number of carbonyl (C=O) groups excluding carboxylic acids is 1. The Balaban J connectivity index is 1.73. The maximum Gasteiger partial charge on any atom is 0.255 e. The molecule has 0 aliphatic rings. The van der Waals surface area contributed by atoms with Gasteiger partial charge in [-0.25, -0.2) is 4.98 Å². The predicted molar refractivity (Wildman–Crippen MR) is 90.2 cm³/mol. The lowest BCUT2D eigenvalue weighted by atomic mass is 10.2. The van der Waals surface area contributed by atoms with Crippen molar-refractivity contribution < 1.29 is 9.53 Å². The van der Waals surface area contributed by atoms with E-state index in [4.69, 9.17) is 16.3 Å². The van der Waals surface area contributed by atoms with E-state index in [1.807, 2.05) is 12.1 Å². The minimum absolute atomic E-state index is 0.223. The molecule has 2 aromatic carbocycles. The van der Waals surface area contributed by atoms with Crippen LogP contribution in [0.4, 0.5) is 5.69 Å². The number of anilines is 1. The zero-order chi connectivity index (χ0) is 16.1. The van der Waals surface area contributed by atoms with Gasteiger partial charge in [-0.05, 0) is 48.5 Å². The van der Waals surface area contributed by atoms with Gasteiger partial charge >= 0.3 is 0 Å². The van der Waals surface area contributed by atoms with E-state index < -0.39 is 0 Å². The van der Waals surface area contributed by atoms with Gasteiger partial charge in [0.25, 0.3) is 5.91 Å². The van der Waals surface area contributed by atoms with Crippen LogP contribution < -0.4 is 10.1 Å². The average Bonchev–Trinajstić information content (AvgIpc) is 2.58. The van der Waals surface area contributed by atoms with Gasteiger partial charge in [0.1, 0.15) is 5.75 Å². The van der Waals surface area contributed by atoms with Crippen molar-refractivity contribution >= 4 is 23.2 Å². The number of nitrogens with zero attached hydrogens (tertiary/aromatic N) is 1. The Hall–Kier alpha value is -2.85. The molecule has 0 saturated heterocycles. The van der Waals surface area contributed by atoms with E-state index in [-0.39, 0.29) is 5.91 Å². The van der Waals surface area contributed by atoms with E-state index in [1.54, 1.807) is 60.8 Å². The quantitative estimate of drug-likeness (QED) is 0.751. The van der Waals surface area contributed by atoms with Crippen LogP contribution in [-0.4, -0.2) is 10.9 Å². The van der Waals surface area contributed by atoms with Crippen LogP contribution in [0.25, 0.3) is 0 Å². The summed E-state index contributed by atoms with van der Waals surface area (Å²) in [5.41, 5.74) is 1.17. The third-order valence-electron chi connectivity index (χ3n) is 3.06. The zero-order valence-electron chi connectivity index (χ0n) is 12.1. The maximum absolute atomic E-state index is 12.3. The second-order valence-electron chi connectivity index (χ2n) is 4.76. The molecule has 0 spiro atoms. The number of carbonyl (C=O) groups is 1. The molecule has 0 unspecified atom stereocenters. The van der Waals surface area contributed by atoms with Crippen molar-refractivity contribution in [1.29, 1.82) is 0 Å². The smallest absolute Gasteiger partial charge is 0.255 e. The summed E-state index contributed by atoms with van der Waals surface area (Å²) in [7, 11) is 0. The summed E-state index contributed by atoms with van der Waals surface area (Å²) in [6.45, 7) is 0. The van der Waals surface area contributed by atoms with Gasteiger partial charge in [0.2, 0.25) is 5.88 Å². The van der Waals surface area contributed by atoms with Crippen LogP contribution in [0.3, 0.4) is 0 Å². The van der Waals surface area contributed by atoms with E-state index in [9.17, 15) is 4.79 Å². The molecule has 23 heavy (non-hydrogen) atoms. The van der Waals surface area contributed by atoms with Crippen LogP contribution in [0.5, 0.6) is 11.6 Å². The summed E-state index contributed by atoms with van der Waals surface area (Å²) in [5, 5.41) is 3.43. The topological polar surface area (TPSA) is 51.2 Å². The van der Waals surface area contributed by atoms with Gasteiger partial charge in [-0.15, -0.1) is 0 Å². The van der Waals surface area contributed by atoms with Crippen LogP contribution in [0.2, 0.25) is 5.02 Å². The van der Waals surface area contributed by atoms with Crippen LogP contribution in [0.15, 0.2) is 72.9 Å². The molecule has 3 aromatic rings. The second kappa shape index (κ2) is 6.94. The minimum Gasteiger partial charge on any atom is -0.439 e. The first-order valence-electron chi connectivity index (χ1n) is 6.96. The molecule has 0 radical (unpaired) electrons. The minimum atomic E-state index is -0.223. The molecule has 0 aliphatic heterocycles. The van der Waals surface area contributed by atoms with Gasteiger partial charge in [-0.1, -0.05) is 23.7 Å². The standard InChI is InChI=1S/C18H13ClN2O2/c19-14-7-9-15(10-8-14)21-18(22)13-4-3-5-16(12-13)23-17-6-1-2-11-20-17/h1-12H,(H,21,22). The third kappa shape index (κ3) is 4.08. The number of ether oxygens (including phenoxy) is 1. The highest BCUT2D eigenvalue weighted by atomic mass is 35.5. The van der Waals surface area contributed by atoms with Crippen molar-refractivity contribution in [3.8, 4) is 11.6 Å². The van der Waals surface area contributed by atoms with Crippen molar-refractivity contribution in [1.82, 2.24) is 4.98 Å². The Labute approximate surface area is 138 Å². The van der Waals surface area contributed by atoms with Crippen LogP contribution in [0.1, 0.15) is 10.4 Å². The van der Waals surface area contributed by atoms with E-state index in [0.717, 1.165) is 0 Å². The molecule has 0 fully saturated rings. The van der Waals surface area contributed by atoms with Gasteiger partial charge in [-0.3, -0.25) is 4.79 Å². The van der Waals surface area contributed by atoms with Gasteiger partial charge in [0.05, 0.1) is 0 Å². The van der Waals surface area contributed by atoms with Gasteiger partial charge in [0.15, 0.2) is 0 Å². The second-order valence-corrected chi connectivity index (χ2v) is 5.20. The Morgan fingerprint density at radius 1 is 1.00 bits per heavy atom. The van der Waals surface area contributed by atoms with Crippen molar-refractivity contribution in [3.63, 3.8) is 0 Å². The van der Waals surface area contributed by atoms with Crippen molar-refractivity contribution in [2.24, 2.45) is 0 Å². The van der Waals surface area contributed by atoms with Crippen molar-refractivity contribution in [2.75, 3.05) is 5.32 Å². The van der Waals surface area contributed by atoms with E-state index in [2.05, 4.69) is 10.3 Å². The molecular formula is C18H13ClN2O2. The van der Waals surface area contributed by atoms with E-state index in [0.29, 0.717) is 27.9 Å². The van der Waals surface area contributed by atoms with E-state index >= 15 is 0 Å². The van der Waals surface area contributed by atoms with Crippen LogP contribution in [-0.2, 0) is 0 Å². The first-order chi connectivity index (χ1) is 11.2. The molecule has 0 bridgehead atoms. The summed E-state index contributed by atoms with van der Waals surface area (Å²) in [6, 6.07) is 19.2. The molecule has 4 nitrogen and oxygen atoms in total. The van der Waals surface area contributed by atoms with E-state index in [1.165, 1.54) is 0 Å². The molecule has 114 valence electrons. The van der Waals surface area contributed by atoms with Crippen molar-refractivity contribution in [3.05, 3.63) is 83.5 Å². The van der Waals surface area contributed by atoms with Gasteiger partial charge in [-0.2, -0.15) is 0 Å². The molecule has 0 aliphatic carbocycles. The Morgan fingerprint density at radius 2 is 1.83 bits per heavy atom. The number of rotatable bonds is 4. The number of halogens is 1. The summed E-state index contributed by atoms with van der Waals surface area (Å²) in [4.78, 5) is 16.4. The Kier molecular flexibility index (Phi) is 4.54. The number of amides is 1. The lowest BCUT2D eigenvalue weighted by Gasteiger charge is -2.08. The van der Waals surface area contributed by atoms with Gasteiger partial charge in [0, 0.05) is 28.5 Å². The number of hydrogen-bond donors (Lipinski definition) is 1. The normalized spacial score (nSPS) is 10.1. The lowest BCUT2D eigenvalue weighted by Crippen LogP contribution is -2.11. The maximum atomic E-state index is 12.3. The van der Waals surface area contributed by atoms with Gasteiger partial charge < -0.3 is 10.1 Å². The fourth-order valence-corrected chi connectivity index (χ4v) is 2.09. The molecule has 3 rings (SSSR count). The largest absolute Gasteiger partial charge is 0.439 e. The molecular weight excluding hydrogens is 312 g/mol. The Morgan fingerprint density at radius 3 is 2.57 bits per heavy atom. The first kappa shape index (κ1) is 15.1. The number of nitrogens with one attached hydrogen (secondary N) is 1. The third-order valence-corrected chi connectivity index (χ3v) is 3.31. The SMILES string of the molecule is O=C(Nc1ccc(Cl)cc1)c1cccc(Oc2ccccn2)c1. The average molecular weight is 325 g/mol. The lowest BCUT2D eigenvalue weighted by molar-refractivity contribution is 0.102. The molecule has 1 amide bonds. The monoisotopic (exact) mass is 324 g/mol. The zero-order valence-corrected chi connectivity index (χ0v) is 12.8. The fourth-order valence-electron chi connectivity index (χ4n) is 1.97. The molecule has 1 aromatic heterocycles. The fraction of sp³-hybridized carbons (Fsp3) is 0. The highest BCUT2D eigenvalue weighted by Crippen LogP contribution is 2.21. The summed E-state index contributed by atoms with van der Waals surface area (Å²) >= 11 is 5.83. The number of hydrogen-bond acceptors (Lipinski definition) is 3. The highest BCUT2D eigenvalue weighted by molar-refractivity contribution is 6.30. The predicted octanol–water partition coefficient (Wildman–Crippen LogP) is 4.78. The first-order valence-corrected chi connectivity index (χ1v) is 7.34. The van der Waals surface area contributed by atoms with Crippen molar-refractivity contribution in [2.45, 2.75) is 0 Å². The molecule has 0 atom stereocenters. The number of pyridine rings is 1. The molecule has 1 heterocycles. The summed E-state index contributed by atoms with van der Waals surface area (Å²) in [5.74, 6) is 0.800. The van der Waals surface area contributed by atoms with Crippen LogP contribution in [0, 0.1) is 0 Å². The summed E-state index contributed by atoms with van der Waals surface area (Å²) < 4.78 is 5.63.